The number of nitrogen functional groups attached to an aromatic ring is 1. The van der Waals surface area contributed by atoms with Gasteiger partial charge < -0.3 is 15.8 Å². The first kappa shape index (κ1) is 18.3. The van der Waals surface area contributed by atoms with E-state index >= 15 is 0 Å². The summed E-state index contributed by atoms with van der Waals surface area (Å²) in [5.74, 6) is -3.63. The first-order valence-electron chi connectivity index (χ1n) is 8.66. The number of nitrogens with one attached hydrogen (secondary N) is 1. The minimum absolute atomic E-state index is 0.0920. The van der Waals surface area contributed by atoms with Gasteiger partial charge in [0.2, 0.25) is 5.91 Å². The number of ether oxygens (including phenoxy) is 1. The lowest BCUT2D eigenvalue weighted by molar-refractivity contribution is -0.196. The normalized spacial score (nSPS) is 26.2. The lowest BCUT2D eigenvalue weighted by Gasteiger charge is -2.28. The molecule has 2 aromatic rings. The predicted molar refractivity (Wildman–Crippen MR) is 92.3 cm³/mol. The van der Waals surface area contributed by atoms with Crippen molar-refractivity contribution in [2.45, 2.75) is 31.2 Å². The van der Waals surface area contributed by atoms with Crippen molar-refractivity contribution in [1.29, 1.82) is 5.26 Å². The molecule has 1 amide bonds. The number of benzene rings is 1. The first-order chi connectivity index (χ1) is 13.3. The maximum Gasteiger partial charge on any atom is 0.395 e. The van der Waals surface area contributed by atoms with Crippen molar-refractivity contribution >= 4 is 17.4 Å². The molecule has 0 saturated carbocycles. The molecule has 28 heavy (non-hydrogen) atoms. The Morgan fingerprint density at radius 2 is 1.96 bits per heavy atom. The Labute approximate surface area is 157 Å². The van der Waals surface area contributed by atoms with Gasteiger partial charge in [0, 0.05) is 5.69 Å². The van der Waals surface area contributed by atoms with Gasteiger partial charge in [-0.1, -0.05) is 0 Å². The number of carbonyl (C=O) groups excluding carboxylic acids is 1. The molecule has 10 heteroatoms. The molecular weight excluding hydrogens is 375 g/mol. The van der Waals surface area contributed by atoms with Gasteiger partial charge in [0.15, 0.2) is 5.82 Å². The number of alkyl halides is 3. The molecule has 0 aliphatic carbocycles. The zero-order valence-electron chi connectivity index (χ0n) is 14.5. The summed E-state index contributed by atoms with van der Waals surface area (Å²) in [4.78, 5) is 12.5. The Hall–Kier alpha value is -3.06. The van der Waals surface area contributed by atoms with Gasteiger partial charge >= 0.3 is 6.18 Å². The van der Waals surface area contributed by atoms with Gasteiger partial charge in [-0.05, 0) is 37.1 Å². The first-order valence-corrected chi connectivity index (χ1v) is 8.66. The molecule has 4 unspecified atom stereocenters. The van der Waals surface area contributed by atoms with E-state index in [0.29, 0.717) is 24.2 Å². The Morgan fingerprint density at radius 1 is 1.29 bits per heavy atom. The zero-order valence-corrected chi connectivity index (χ0v) is 14.5. The quantitative estimate of drug-likeness (QED) is 0.837. The Bertz CT molecular complexity index is 948. The van der Waals surface area contributed by atoms with Crippen LogP contribution in [0.1, 0.15) is 18.4 Å². The fourth-order valence-electron chi connectivity index (χ4n) is 3.96. The highest BCUT2D eigenvalue weighted by atomic mass is 19.4. The maximum atomic E-state index is 13.4. The van der Waals surface area contributed by atoms with Gasteiger partial charge in [0.25, 0.3) is 0 Å². The second-order valence-electron chi connectivity index (χ2n) is 6.90. The highest BCUT2D eigenvalue weighted by Gasteiger charge is 2.62. The number of halogens is 3. The van der Waals surface area contributed by atoms with Crippen LogP contribution in [-0.2, 0) is 9.53 Å². The van der Waals surface area contributed by atoms with Gasteiger partial charge in [-0.25, -0.2) is 4.68 Å². The van der Waals surface area contributed by atoms with Crippen molar-refractivity contribution in [1.82, 2.24) is 9.78 Å². The van der Waals surface area contributed by atoms with Gasteiger partial charge in [-0.2, -0.15) is 18.4 Å². The molecule has 7 nitrogen and oxygen atoms in total. The molecule has 2 saturated heterocycles. The van der Waals surface area contributed by atoms with E-state index < -0.39 is 36.1 Å². The van der Waals surface area contributed by atoms with Crippen LogP contribution in [0.4, 0.5) is 24.7 Å². The van der Waals surface area contributed by atoms with E-state index in [-0.39, 0.29) is 11.4 Å². The van der Waals surface area contributed by atoms with Crippen LogP contribution < -0.4 is 11.1 Å². The monoisotopic (exact) mass is 391 g/mol. The van der Waals surface area contributed by atoms with Crippen molar-refractivity contribution in [2.75, 3.05) is 11.1 Å². The molecule has 2 fully saturated rings. The summed E-state index contributed by atoms with van der Waals surface area (Å²) < 4.78 is 46.9. The highest BCUT2D eigenvalue weighted by molar-refractivity contribution is 5.93. The highest BCUT2D eigenvalue weighted by Crippen LogP contribution is 2.50. The second-order valence-corrected chi connectivity index (χ2v) is 6.90. The number of hydrogen-bond acceptors (Lipinski definition) is 5. The van der Waals surface area contributed by atoms with Crippen LogP contribution in [0.25, 0.3) is 5.69 Å². The number of hydrogen-bond donors (Lipinski definition) is 2. The summed E-state index contributed by atoms with van der Waals surface area (Å²) in [6.45, 7) is 0. The number of rotatable bonds is 3. The topological polar surface area (TPSA) is 106 Å². The lowest BCUT2D eigenvalue weighted by atomic mass is 9.78. The third kappa shape index (κ3) is 3.07. The third-order valence-electron chi connectivity index (χ3n) is 5.22. The van der Waals surface area contributed by atoms with Gasteiger partial charge in [0.05, 0.1) is 35.9 Å². The molecule has 2 aliphatic heterocycles. The van der Waals surface area contributed by atoms with Crippen LogP contribution in [0.3, 0.4) is 0 Å². The summed E-state index contributed by atoms with van der Waals surface area (Å²) in [6, 6.07) is 8.24. The summed E-state index contributed by atoms with van der Waals surface area (Å²) >= 11 is 0. The fraction of sp³-hybridized carbons (Fsp3) is 0.389. The largest absolute Gasteiger partial charge is 0.395 e. The van der Waals surface area contributed by atoms with Gasteiger partial charge in [0.1, 0.15) is 11.6 Å². The van der Waals surface area contributed by atoms with Crippen molar-refractivity contribution in [2.24, 2.45) is 11.8 Å². The number of aromatic nitrogens is 2. The average molecular weight is 391 g/mol. The Morgan fingerprint density at radius 3 is 2.57 bits per heavy atom. The zero-order chi connectivity index (χ0) is 20.1. The van der Waals surface area contributed by atoms with E-state index in [1.165, 1.54) is 10.9 Å². The smallest absolute Gasteiger partial charge is 0.381 e. The van der Waals surface area contributed by atoms with E-state index in [0.717, 1.165) is 0 Å². The van der Waals surface area contributed by atoms with Crippen molar-refractivity contribution in [3.05, 3.63) is 36.0 Å². The van der Waals surface area contributed by atoms with E-state index in [1.807, 2.05) is 6.07 Å². The van der Waals surface area contributed by atoms with Crippen LogP contribution in [0.2, 0.25) is 0 Å². The molecule has 0 radical (unpaired) electrons. The molecule has 146 valence electrons. The molecule has 4 rings (SSSR count). The summed E-state index contributed by atoms with van der Waals surface area (Å²) in [5, 5.41) is 15.5. The van der Waals surface area contributed by atoms with Crippen molar-refractivity contribution in [3.8, 4) is 11.8 Å². The van der Waals surface area contributed by atoms with Gasteiger partial charge in [-0.15, -0.1) is 5.10 Å². The Kier molecular flexibility index (Phi) is 4.27. The summed E-state index contributed by atoms with van der Waals surface area (Å²) in [6.07, 6.45) is -3.88. The molecular formula is C18H16F3N5O2. The third-order valence-corrected chi connectivity index (χ3v) is 5.22. The van der Waals surface area contributed by atoms with Crippen LogP contribution in [0, 0.1) is 23.2 Å². The molecule has 4 atom stereocenters. The number of nitriles is 1. The van der Waals surface area contributed by atoms with E-state index in [2.05, 4.69) is 10.4 Å². The summed E-state index contributed by atoms with van der Waals surface area (Å²) in [5.41, 5.74) is 6.79. The fourth-order valence-corrected chi connectivity index (χ4v) is 3.96. The average Bonchev–Trinajstić information content (AvgIpc) is 3.35. The summed E-state index contributed by atoms with van der Waals surface area (Å²) in [7, 11) is 0. The minimum Gasteiger partial charge on any atom is -0.381 e. The van der Waals surface area contributed by atoms with Crippen LogP contribution in [0.5, 0.6) is 0 Å². The molecule has 3 N–H and O–H groups in total. The van der Waals surface area contributed by atoms with Crippen molar-refractivity contribution < 1.29 is 22.7 Å². The minimum atomic E-state index is -4.48. The van der Waals surface area contributed by atoms with Crippen LogP contribution >= 0.6 is 0 Å². The van der Waals surface area contributed by atoms with Crippen LogP contribution in [0.15, 0.2) is 30.5 Å². The number of fused-ring (bicyclic) bond motifs is 2. The molecule has 3 heterocycles. The number of carbonyl (C=O) groups is 1. The Balaban J connectivity index is 1.50. The van der Waals surface area contributed by atoms with E-state index in [4.69, 9.17) is 15.7 Å². The SMILES string of the molecule is N#Cc1cn(-c2ccc(NC(=O)C3C4CCC(O4)C3C(F)(F)F)cc2)nc1N. The molecule has 1 aromatic carbocycles. The lowest BCUT2D eigenvalue weighted by Crippen LogP contribution is -2.44. The van der Waals surface area contributed by atoms with E-state index in [1.54, 1.807) is 24.3 Å². The van der Waals surface area contributed by atoms with Crippen molar-refractivity contribution in [3.63, 3.8) is 0 Å². The molecule has 2 bridgehead atoms. The number of amides is 1. The second kappa shape index (κ2) is 6.53. The maximum absolute atomic E-state index is 13.4. The number of nitrogens with zero attached hydrogens (tertiary/aromatic N) is 3. The molecule has 0 spiro atoms. The van der Waals surface area contributed by atoms with Crippen LogP contribution in [-0.4, -0.2) is 34.1 Å². The number of anilines is 2. The molecule has 2 aliphatic rings. The van der Waals surface area contributed by atoms with Gasteiger partial charge in [-0.3, -0.25) is 4.79 Å². The standard InChI is InChI=1S/C18H16F3N5O2/c19-18(20,21)15-13-6-5-12(28-13)14(15)17(27)24-10-1-3-11(4-2-10)26-8-9(7-22)16(23)25-26/h1-4,8,12-15H,5-6H2,(H2,23,25)(H,24,27). The predicted octanol–water partition coefficient (Wildman–Crippen LogP) is 2.62. The molecule has 1 aromatic heterocycles. The number of nitrogens with two attached hydrogens (primary N) is 1. The van der Waals surface area contributed by atoms with E-state index in [9.17, 15) is 18.0 Å².